The molecule has 2 aromatic rings. The Kier molecular flexibility index (Phi) is 6.61. The third-order valence-corrected chi connectivity index (χ3v) is 4.47. The molecule has 140 valence electrons. The van der Waals surface area contributed by atoms with E-state index in [2.05, 4.69) is 16.0 Å². The largest absolute Gasteiger partial charge is 0.339 e. The van der Waals surface area contributed by atoms with Crippen molar-refractivity contribution in [1.29, 1.82) is 0 Å². The number of benzene rings is 2. The van der Waals surface area contributed by atoms with E-state index < -0.39 is 15.4 Å². The van der Waals surface area contributed by atoms with E-state index in [1.807, 2.05) is 42.5 Å². The number of halogens is 3. The summed E-state index contributed by atoms with van der Waals surface area (Å²) in [4.78, 5) is 12.2. The molecule has 0 aliphatic carbocycles. The zero-order valence-electron chi connectivity index (χ0n) is 14.6. The van der Waals surface area contributed by atoms with Crippen LogP contribution in [0.4, 0.5) is 5.69 Å². The lowest BCUT2D eigenvalue weighted by molar-refractivity contribution is -0.129. The first kappa shape index (κ1) is 21.0. The Morgan fingerprint density at radius 3 is 2.23 bits per heavy atom. The highest BCUT2D eigenvalue weighted by Gasteiger charge is 2.36. The SMILES string of the molecule is CC(C)(C)C(=O)N[C@H](NC(=S)Nc1cccc2ccccc12)C(Cl)(Cl)Cl. The summed E-state index contributed by atoms with van der Waals surface area (Å²) in [6, 6.07) is 13.7. The highest BCUT2D eigenvalue weighted by atomic mass is 35.6. The fraction of sp³-hybridized carbons (Fsp3) is 0.333. The molecule has 0 aliphatic heterocycles. The fourth-order valence-electron chi connectivity index (χ4n) is 2.17. The summed E-state index contributed by atoms with van der Waals surface area (Å²) in [5.74, 6) is -0.269. The molecule has 0 aromatic heterocycles. The first-order valence-corrected chi connectivity index (χ1v) is 9.45. The number of thiocarbonyl (C=S) groups is 1. The standard InChI is InChI=1S/C18H20Cl3N3OS/c1-17(2,3)15(25)23-14(18(19,20)21)24-16(26)22-13-10-6-8-11-7-4-5-9-12(11)13/h4-10,14H,1-3H3,(H,23,25)(H2,22,24,26)/t14-/m1/s1. The number of amides is 1. The average Bonchev–Trinajstić information content (AvgIpc) is 2.52. The van der Waals surface area contributed by atoms with E-state index in [1.165, 1.54) is 0 Å². The Morgan fingerprint density at radius 2 is 1.62 bits per heavy atom. The van der Waals surface area contributed by atoms with Crippen LogP contribution in [0, 0.1) is 5.41 Å². The van der Waals surface area contributed by atoms with Crippen LogP contribution in [0.2, 0.25) is 0 Å². The van der Waals surface area contributed by atoms with Crippen molar-refractivity contribution in [2.24, 2.45) is 5.41 Å². The highest BCUT2D eigenvalue weighted by molar-refractivity contribution is 7.80. The van der Waals surface area contributed by atoms with Crippen LogP contribution in [0.25, 0.3) is 10.8 Å². The van der Waals surface area contributed by atoms with Crippen LogP contribution in [0.1, 0.15) is 20.8 Å². The number of hydrogen-bond donors (Lipinski definition) is 3. The third-order valence-electron chi connectivity index (χ3n) is 3.60. The van der Waals surface area contributed by atoms with Crippen LogP contribution in [0.5, 0.6) is 0 Å². The van der Waals surface area contributed by atoms with Crippen molar-refractivity contribution in [2.45, 2.75) is 30.7 Å². The normalized spacial score (nSPS) is 13.2. The molecule has 2 aromatic carbocycles. The predicted octanol–water partition coefficient (Wildman–Crippen LogP) is 4.98. The van der Waals surface area contributed by atoms with Crippen molar-refractivity contribution < 1.29 is 4.79 Å². The monoisotopic (exact) mass is 431 g/mol. The molecule has 4 nitrogen and oxygen atoms in total. The molecule has 1 amide bonds. The molecule has 0 unspecified atom stereocenters. The smallest absolute Gasteiger partial charge is 0.228 e. The van der Waals surface area contributed by atoms with Crippen LogP contribution in [-0.4, -0.2) is 21.0 Å². The minimum Gasteiger partial charge on any atom is -0.339 e. The Bertz CT molecular complexity index is 810. The molecule has 0 heterocycles. The minimum atomic E-state index is -1.79. The third kappa shape index (κ3) is 5.61. The van der Waals surface area contributed by atoms with E-state index in [4.69, 9.17) is 47.0 Å². The van der Waals surface area contributed by atoms with E-state index in [1.54, 1.807) is 20.8 Å². The van der Waals surface area contributed by atoms with Gasteiger partial charge in [-0.15, -0.1) is 0 Å². The molecule has 0 saturated carbocycles. The van der Waals surface area contributed by atoms with E-state index in [9.17, 15) is 4.79 Å². The molecule has 0 fully saturated rings. The Morgan fingerprint density at radius 1 is 1.00 bits per heavy atom. The lowest BCUT2D eigenvalue weighted by Gasteiger charge is -2.30. The van der Waals surface area contributed by atoms with Gasteiger partial charge in [0.25, 0.3) is 0 Å². The lowest BCUT2D eigenvalue weighted by Crippen LogP contribution is -2.58. The molecule has 1 atom stereocenters. The summed E-state index contributed by atoms with van der Waals surface area (Å²) in [6.07, 6.45) is -0.991. The van der Waals surface area contributed by atoms with Crippen molar-refractivity contribution in [2.75, 3.05) is 5.32 Å². The number of carbonyl (C=O) groups is 1. The van der Waals surface area contributed by atoms with E-state index in [0.717, 1.165) is 16.5 Å². The van der Waals surface area contributed by atoms with Gasteiger partial charge in [-0.1, -0.05) is 92.0 Å². The topological polar surface area (TPSA) is 53.2 Å². The molecule has 0 spiro atoms. The molecule has 0 aliphatic rings. The highest BCUT2D eigenvalue weighted by Crippen LogP contribution is 2.30. The van der Waals surface area contributed by atoms with Gasteiger partial charge in [0.15, 0.2) is 5.11 Å². The van der Waals surface area contributed by atoms with Crippen molar-refractivity contribution in [3.05, 3.63) is 42.5 Å². The number of fused-ring (bicyclic) bond motifs is 1. The molecule has 0 saturated heterocycles. The molecular formula is C18H20Cl3N3OS. The Balaban J connectivity index is 2.15. The maximum atomic E-state index is 12.2. The number of nitrogens with one attached hydrogen (secondary N) is 3. The van der Waals surface area contributed by atoms with Gasteiger partial charge in [0, 0.05) is 16.5 Å². The van der Waals surface area contributed by atoms with Gasteiger partial charge in [-0.25, -0.2) is 0 Å². The van der Waals surface area contributed by atoms with Crippen LogP contribution in [0.3, 0.4) is 0 Å². The fourth-order valence-corrected chi connectivity index (χ4v) is 2.73. The second kappa shape index (κ2) is 8.17. The Labute approximate surface area is 173 Å². The second-order valence-corrected chi connectivity index (χ2v) is 9.60. The van der Waals surface area contributed by atoms with Crippen molar-refractivity contribution in [3.8, 4) is 0 Å². The van der Waals surface area contributed by atoms with E-state index in [-0.39, 0.29) is 11.0 Å². The van der Waals surface area contributed by atoms with Gasteiger partial charge in [-0.2, -0.15) is 0 Å². The number of anilines is 1. The average molecular weight is 433 g/mol. The first-order valence-electron chi connectivity index (χ1n) is 7.91. The summed E-state index contributed by atoms with van der Waals surface area (Å²) in [5.41, 5.74) is 0.173. The molecule has 0 radical (unpaired) electrons. The van der Waals surface area contributed by atoms with Crippen LogP contribution in [-0.2, 0) is 4.79 Å². The molecule has 26 heavy (non-hydrogen) atoms. The van der Waals surface area contributed by atoms with Crippen LogP contribution < -0.4 is 16.0 Å². The quantitative estimate of drug-likeness (QED) is 0.363. The van der Waals surface area contributed by atoms with Gasteiger partial charge in [-0.05, 0) is 23.7 Å². The zero-order chi connectivity index (χ0) is 19.5. The van der Waals surface area contributed by atoms with Gasteiger partial charge in [0.05, 0.1) is 0 Å². The number of hydrogen-bond acceptors (Lipinski definition) is 2. The van der Waals surface area contributed by atoms with E-state index in [0.29, 0.717) is 0 Å². The predicted molar refractivity (Wildman–Crippen MR) is 115 cm³/mol. The molecule has 0 bridgehead atoms. The molecule has 2 rings (SSSR count). The Hall–Kier alpha value is -1.27. The minimum absolute atomic E-state index is 0.229. The number of alkyl halides is 3. The molecule has 3 N–H and O–H groups in total. The van der Waals surface area contributed by atoms with Gasteiger partial charge < -0.3 is 16.0 Å². The molecule has 8 heteroatoms. The maximum absolute atomic E-state index is 12.2. The van der Waals surface area contributed by atoms with Crippen molar-refractivity contribution in [1.82, 2.24) is 10.6 Å². The maximum Gasteiger partial charge on any atom is 0.228 e. The van der Waals surface area contributed by atoms with Gasteiger partial charge in [0.2, 0.25) is 9.70 Å². The van der Waals surface area contributed by atoms with E-state index >= 15 is 0 Å². The van der Waals surface area contributed by atoms with Gasteiger partial charge >= 0.3 is 0 Å². The lowest BCUT2D eigenvalue weighted by atomic mass is 9.95. The van der Waals surface area contributed by atoms with Crippen molar-refractivity contribution >= 4 is 74.5 Å². The number of rotatable bonds is 3. The first-order chi connectivity index (χ1) is 12.0. The summed E-state index contributed by atoms with van der Waals surface area (Å²) < 4.78 is -1.79. The summed E-state index contributed by atoms with van der Waals surface area (Å²) in [6.45, 7) is 5.30. The summed E-state index contributed by atoms with van der Waals surface area (Å²) in [5, 5.41) is 10.9. The van der Waals surface area contributed by atoms with Gasteiger partial charge in [0.1, 0.15) is 6.17 Å². The van der Waals surface area contributed by atoms with Crippen LogP contribution >= 0.6 is 47.0 Å². The summed E-state index contributed by atoms with van der Waals surface area (Å²) >= 11 is 23.3. The molecular weight excluding hydrogens is 413 g/mol. The zero-order valence-corrected chi connectivity index (χ0v) is 17.7. The van der Waals surface area contributed by atoms with Crippen molar-refractivity contribution in [3.63, 3.8) is 0 Å². The van der Waals surface area contributed by atoms with Crippen LogP contribution in [0.15, 0.2) is 42.5 Å². The number of carbonyl (C=O) groups excluding carboxylic acids is 1. The second-order valence-electron chi connectivity index (χ2n) is 6.82. The van der Waals surface area contributed by atoms with Gasteiger partial charge in [-0.3, -0.25) is 4.79 Å². The summed E-state index contributed by atoms with van der Waals surface area (Å²) in [7, 11) is 0.